The number of amides is 1. The number of hydrogen-bond donors (Lipinski definition) is 2. The van der Waals surface area contributed by atoms with Gasteiger partial charge in [-0.2, -0.15) is 4.99 Å². The Kier molecular flexibility index (Phi) is 1.06. The zero-order valence-electron chi connectivity index (χ0n) is 5.55. The average Bonchev–Trinajstić information content (AvgIpc) is 2.32. The predicted molar refractivity (Wildman–Crippen MR) is 36.3 cm³/mol. The minimum absolute atomic E-state index is 0.216. The van der Waals surface area contributed by atoms with Gasteiger partial charge in [0.1, 0.15) is 0 Å². The Morgan fingerprint density at radius 2 is 2.18 bits per heavy atom. The van der Waals surface area contributed by atoms with E-state index in [1.807, 2.05) is 0 Å². The number of aromatic amines is 2. The van der Waals surface area contributed by atoms with Crippen molar-refractivity contribution in [3.05, 3.63) is 21.1 Å². The summed E-state index contributed by atoms with van der Waals surface area (Å²) in [6.07, 6.45) is 1.79. The number of H-pyrrole nitrogens is 2. The van der Waals surface area contributed by atoms with Crippen molar-refractivity contribution in [2.75, 3.05) is 0 Å². The summed E-state index contributed by atoms with van der Waals surface area (Å²) in [4.78, 5) is 25.2. The lowest BCUT2D eigenvalue weighted by atomic mass is 10.3. The highest BCUT2D eigenvalue weighted by atomic mass is 16.1. The fraction of sp³-hybridized carbons (Fsp3) is 0.167. The first kappa shape index (κ1) is 6.09. The third-order valence-corrected chi connectivity index (χ3v) is 1.51. The van der Waals surface area contributed by atoms with Crippen LogP contribution in [0.5, 0.6) is 0 Å². The molecule has 0 fully saturated rings. The fourth-order valence-electron chi connectivity index (χ4n) is 0.995. The summed E-state index contributed by atoms with van der Waals surface area (Å²) in [5.41, 5.74) is 0.113. The molecule has 1 aromatic heterocycles. The summed E-state index contributed by atoms with van der Waals surface area (Å²) >= 11 is 0. The Morgan fingerprint density at radius 1 is 1.36 bits per heavy atom. The highest BCUT2D eigenvalue weighted by Crippen LogP contribution is 1.85. The van der Waals surface area contributed by atoms with Crippen molar-refractivity contribution < 1.29 is 4.79 Å². The van der Waals surface area contributed by atoms with Crippen molar-refractivity contribution in [1.29, 1.82) is 0 Å². The van der Waals surface area contributed by atoms with Crippen LogP contribution in [0.3, 0.4) is 0 Å². The number of hydrogen-bond acceptors (Lipinski definition) is 2. The van der Waals surface area contributed by atoms with Crippen LogP contribution in [-0.4, -0.2) is 16.1 Å². The molecule has 0 bridgehead atoms. The van der Waals surface area contributed by atoms with E-state index in [4.69, 9.17) is 0 Å². The van der Waals surface area contributed by atoms with Gasteiger partial charge >= 0.3 is 0 Å². The normalized spacial score (nSPS) is 15.1. The molecule has 0 aliphatic carbocycles. The Hall–Kier alpha value is -1.65. The van der Waals surface area contributed by atoms with Crippen LogP contribution in [-0.2, 0) is 4.79 Å². The topological polar surface area (TPSA) is 78.1 Å². The second-order valence-electron chi connectivity index (χ2n) is 2.26. The van der Waals surface area contributed by atoms with Crippen molar-refractivity contribution in [3.63, 3.8) is 0 Å². The fourth-order valence-corrected chi connectivity index (χ4v) is 0.995. The molecule has 11 heavy (non-hydrogen) atoms. The summed E-state index contributed by atoms with van der Waals surface area (Å²) in [6.45, 7) is 0. The van der Waals surface area contributed by atoms with Gasteiger partial charge in [-0.1, -0.05) is 6.08 Å². The number of carbonyl (C=O) groups excluding carboxylic acids is 1. The summed E-state index contributed by atoms with van der Waals surface area (Å²) in [7, 11) is 0. The van der Waals surface area contributed by atoms with Crippen LogP contribution in [0.4, 0.5) is 0 Å². The maximum Gasteiger partial charge on any atom is 0.273 e. The Balaban J connectivity index is 2.97. The lowest BCUT2D eigenvalue weighted by molar-refractivity contribution is -0.117. The van der Waals surface area contributed by atoms with Crippen LogP contribution in [0, 0.1) is 0 Å². The maximum absolute atomic E-state index is 10.9. The quantitative estimate of drug-likeness (QED) is 0.451. The van der Waals surface area contributed by atoms with Gasteiger partial charge in [0.25, 0.3) is 11.5 Å². The van der Waals surface area contributed by atoms with Gasteiger partial charge in [-0.05, 0) is 0 Å². The van der Waals surface area contributed by atoms with Crippen LogP contribution in [0.2, 0.25) is 0 Å². The molecule has 1 amide bonds. The van der Waals surface area contributed by atoms with Crippen molar-refractivity contribution in [1.82, 2.24) is 10.2 Å². The van der Waals surface area contributed by atoms with E-state index >= 15 is 0 Å². The third-order valence-electron chi connectivity index (χ3n) is 1.51. The molecule has 1 aromatic rings. The second-order valence-corrected chi connectivity index (χ2v) is 2.26. The minimum atomic E-state index is -0.229. The van der Waals surface area contributed by atoms with Crippen LogP contribution in [0.15, 0.2) is 9.79 Å². The molecule has 0 unspecified atom stereocenters. The smallest absolute Gasteiger partial charge is 0.273 e. The SMILES string of the molecule is O=C1CC=c2c(=O)[nH][nH]c2=N1. The van der Waals surface area contributed by atoms with Crippen LogP contribution in [0.25, 0.3) is 6.08 Å². The standard InChI is InChI=1S/C6H5N3O2/c10-4-2-1-3-5(7-4)8-9-6(3)11/h1H,2H2,(H,9,11)(H,7,8,10). The number of rotatable bonds is 0. The molecule has 0 radical (unpaired) electrons. The van der Waals surface area contributed by atoms with E-state index in [0.29, 0.717) is 10.7 Å². The first-order valence-electron chi connectivity index (χ1n) is 3.16. The largest absolute Gasteiger partial charge is 0.281 e. The molecule has 5 nitrogen and oxygen atoms in total. The van der Waals surface area contributed by atoms with Crippen molar-refractivity contribution in [3.8, 4) is 0 Å². The monoisotopic (exact) mass is 151 g/mol. The minimum Gasteiger partial charge on any atom is -0.281 e. The number of carbonyl (C=O) groups is 1. The highest BCUT2D eigenvalue weighted by Gasteiger charge is 2.05. The lowest BCUT2D eigenvalue weighted by Crippen LogP contribution is -2.36. The van der Waals surface area contributed by atoms with E-state index in [1.165, 1.54) is 0 Å². The zero-order valence-corrected chi connectivity index (χ0v) is 5.55. The van der Waals surface area contributed by atoms with Gasteiger partial charge in [0.05, 0.1) is 5.22 Å². The Labute approximate surface area is 60.4 Å². The van der Waals surface area contributed by atoms with Gasteiger partial charge < -0.3 is 0 Å². The summed E-state index contributed by atoms with van der Waals surface area (Å²) in [6, 6.07) is 0. The van der Waals surface area contributed by atoms with Crippen molar-refractivity contribution in [2.24, 2.45) is 4.99 Å². The molecule has 0 saturated heterocycles. The van der Waals surface area contributed by atoms with Crippen LogP contribution in [0.1, 0.15) is 6.42 Å². The molecule has 2 N–H and O–H groups in total. The van der Waals surface area contributed by atoms with Crippen LogP contribution >= 0.6 is 0 Å². The number of nitrogens with zero attached hydrogens (tertiary/aromatic N) is 1. The predicted octanol–water partition coefficient (Wildman–Crippen LogP) is -1.97. The number of aromatic nitrogens is 2. The molecular formula is C6H5N3O2. The maximum atomic E-state index is 10.9. The molecule has 1 aliphatic heterocycles. The van der Waals surface area contributed by atoms with Crippen molar-refractivity contribution in [2.45, 2.75) is 6.42 Å². The van der Waals surface area contributed by atoms with Crippen LogP contribution < -0.4 is 16.3 Å². The van der Waals surface area contributed by atoms with Gasteiger partial charge in [0, 0.05) is 6.42 Å². The molecule has 0 saturated carbocycles. The molecular weight excluding hydrogens is 146 g/mol. The van der Waals surface area contributed by atoms with Gasteiger partial charge in [-0.15, -0.1) is 0 Å². The highest BCUT2D eigenvalue weighted by molar-refractivity contribution is 5.82. The molecule has 1 aliphatic rings. The second kappa shape index (κ2) is 1.91. The molecule has 56 valence electrons. The number of nitrogens with one attached hydrogen (secondary N) is 2. The van der Waals surface area contributed by atoms with E-state index < -0.39 is 0 Å². The molecule has 5 heteroatoms. The summed E-state index contributed by atoms with van der Waals surface area (Å²) in [5.74, 6) is -0.229. The van der Waals surface area contributed by atoms with E-state index in [-0.39, 0.29) is 17.9 Å². The van der Waals surface area contributed by atoms with E-state index in [0.717, 1.165) is 0 Å². The van der Waals surface area contributed by atoms with Gasteiger partial charge in [-0.25, -0.2) is 0 Å². The average molecular weight is 151 g/mol. The molecule has 2 heterocycles. The lowest BCUT2D eigenvalue weighted by Gasteiger charge is -1.89. The molecule has 0 spiro atoms. The molecule has 2 rings (SSSR count). The van der Waals surface area contributed by atoms with Gasteiger partial charge in [0.2, 0.25) is 0 Å². The molecule has 0 aromatic carbocycles. The first-order valence-corrected chi connectivity index (χ1v) is 3.16. The van der Waals surface area contributed by atoms with Gasteiger partial charge in [-0.3, -0.25) is 19.8 Å². The Morgan fingerprint density at radius 3 is 3.00 bits per heavy atom. The van der Waals surface area contributed by atoms with E-state index in [1.54, 1.807) is 6.08 Å². The van der Waals surface area contributed by atoms with E-state index in [2.05, 4.69) is 15.2 Å². The molecule has 0 atom stereocenters. The Bertz CT molecular complexity index is 465. The third kappa shape index (κ3) is 0.813. The number of fused-ring (bicyclic) bond motifs is 1. The summed E-state index contributed by atoms with van der Waals surface area (Å²) in [5, 5.41) is 5.30. The van der Waals surface area contributed by atoms with E-state index in [9.17, 15) is 9.59 Å². The zero-order chi connectivity index (χ0) is 7.84. The summed E-state index contributed by atoms with van der Waals surface area (Å²) < 4.78 is 0. The van der Waals surface area contributed by atoms with Crippen molar-refractivity contribution >= 4 is 12.0 Å². The van der Waals surface area contributed by atoms with Gasteiger partial charge in [0.15, 0.2) is 5.49 Å². The first-order chi connectivity index (χ1) is 5.27.